The highest BCUT2D eigenvalue weighted by molar-refractivity contribution is 5.67. The molecule has 1 aliphatic rings. The Morgan fingerprint density at radius 3 is 2.47 bits per heavy atom. The van der Waals surface area contributed by atoms with E-state index in [9.17, 15) is 13.2 Å². The number of benzene rings is 1. The van der Waals surface area contributed by atoms with Crippen molar-refractivity contribution in [2.45, 2.75) is 44.8 Å². The molecule has 0 saturated heterocycles. The van der Waals surface area contributed by atoms with Gasteiger partial charge in [-0.15, -0.1) is 0 Å². The van der Waals surface area contributed by atoms with Gasteiger partial charge >= 0.3 is 6.18 Å². The minimum absolute atomic E-state index is 0.160. The average molecular weight is 272 g/mol. The van der Waals surface area contributed by atoms with Crippen LogP contribution in [0.4, 0.5) is 24.5 Å². The predicted molar refractivity (Wildman–Crippen MR) is 70.9 cm³/mol. The van der Waals surface area contributed by atoms with Crippen LogP contribution < -0.4 is 11.1 Å². The van der Waals surface area contributed by atoms with E-state index in [1.807, 2.05) is 0 Å². The average Bonchev–Trinajstić information content (AvgIpc) is 2.33. The summed E-state index contributed by atoms with van der Waals surface area (Å²) in [5.74, 6) is 0.524. The van der Waals surface area contributed by atoms with E-state index >= 15 is 0 Å². The molecule has 5 heteroatoms. The van der Waals surface area contributed by atoms with Crippen LogP contribution in [-0.4, -0.2) is 6.04 Å². The molecule has 19 heavy (non-hydrogen) atoms. The van der Waals surface area contributed by atoms with Crippen LogP contribution in [0.15, 0.2) is 18.2 Å². The molecule has 0 amide bonds. The third kappa shape index (κ3) is 3.33. The molecule has 1 saturated carbocycles. The first-order valence-corrected chi connectivity index (χ1v) is 6.61. The number of halogens is 3. The number of hydrogen-bond donors (Lipinski definition) is 2. The van der Waals surface area contributed by atoms with E-state index in [1.165, 1.54) is 12.5 Å². The number of rotatable bonds is 2. The zero-order valence-electron chi connectivity index (χ0n) is 10.9. The molecule has 1 aromatic carbocycles. The smallest absolute Gasteiger partial charge is 0.397 e. The number of nitrogen functional groups attached to an aromatic ring is 1. The lowest BCUT2D eigenvalue weighted by Crippen LogP contribution is -2.30. The van der Waals surface area contributed by atoms with Gasteiger partial charge in [-0.25, -0.2) is 0 Å². The van der Waals surface area contributed by atoms with Crippen molar-refractivity contribution in [3.05, 3.63) is 23.8 Å². The van der Waals surface area contributed by atoms with Crippen LogP contribution in [0.25, 0.3) is 0 Å². The molecule has 3 N–H and O–H groups in total. The van der Waals surface area contributed by atoms with Gasteiger partial charge in [-0.05, 0) is 37.0 Å². The van der Waals surface area contributed by atoms with Gasteiger partial charge in [0.2, 0.25) is 0 Å². The first kappa shape index (κ1) is 14.0. The second-order valence-corrected chi connectivity index (χ2v) is 5.31. The van der Waals surface area contributed by atoms with Crippen molar-refractivity contribution in [2.75, 3.05) is 11.1 Å². The summed E-state index contributed by atoms with van der Waals surface area (Å²) >= 11 is 0. The molecule has 106 valence electrons. The second kappa shape index (κ2) is 5.31. The van der Waals surface area contributed by atoms with Crippen LogP contribution in [0.2, 0.25) is 0 Å². The SMILES string of the molecule is CC1CCCCC1Nc1ccc(C(F)(F)F)cc1N. The Labute approximate surface area is 111 Å². The number of anilines is 2. The summed E-state index contributed by atoms with van der Waals surface area (Å²) in [5, 5.41) is 3.29. The van der Waals surface area contributed by atoms with Gasteiger partial charge in [-0.3, -0.25) is 0 Å². The molecule has 2 rings (SSSR count). The number of nitrogens with one attached hydrogen (secondary N) is 1. The molecule has 1 fully saturated rings. The van der Waals surface area contributed by atoms with E-state index in [1.54, 1.807) is 0 Å². The van der Waals surface area contributed by atoms with Crippen molar-refractivity contribution in [3.8, 4) is 0 Å². The number of alkyl halides is 3. The molecule has 0 aliphatic heterocycles. The summed E-state index contributed by atoms with van der Waals surface area (Å²) in [6.45, 7) is 2.16. The second-order valence-electron chi connectivity index (χ2n) is 5.31. The molecule has 0 bridgehead atoms. The summed E-state index contributed by atoms with van der Waals surface area (Å²) in [4.78, 5) is 0. The fourth-order valence-corrected chi connectivity index (χ4v) is 2.60. The van der Waals surface area contributed by atoms with Crippen LogP contribution >= 0.6 is 0 Å². The highest BCUT2D eigenvalue weighted by Crippen LogP contribution is 2.34. The lowest BCUT2D eigenvalue weighted by molar-refractivity contribution is -0.137. The van der Waals surface area contributed by atoms with Crippen molar-refractivity contribution in [1.82, 2.24) is 0 Å². The van der Waals surface area contributed by atoms with Crippen LogP contribution in [0.3, 0.4) is 0 Å². The van der Waals surface area contributed by atoms with Crippen LogP contribution in [-0.2, 0) is 6.18 Å². The van der Waals surface area contributed by atoms with Gasteiger partial charge in [0.1, 0.15) is 0 Å². The molecule has 1 aliphatic carbocycles. The maximum atomic E-state index is 12.5. The van der Waals surface area contributed by atoms with Gasteiger partial charge in [0, 0.05) is 6.04 Å². The van der Waals surface area contributed by atoms with E-state index in [4.69, 9.17) is 5.73 Å². The molecule has 0 radical (unpaired) electrons. The fourth-order valence-electron chi connectivity index (χ4n) is 2.60. The maximum Gasteiger partial charge on any atom is 0.416 e. The maximum absolute atomic E-state index is 12.5. The quantitative estimate of drug-likeness (QED) is 0.789. The minimum atomic E-state index is -4.34. The van der Waals surface area contributed by atoms with Crippen LogP contribution in [0, 0.1) is 5.92 Å². The first-order valence-electron chi connectivity index (χ1n) is 6.61. The molecular weight excluding hydrogens is 253 g/mol. The lowest BCUT2D eigenvalue weighted by atomic mass is 9.86. The van der Waals surface area contributed by atoms with Crippen LogP contribution in [0.5, 0.6) is 0 Å². The normalized spacial score (nSPS) is 24.2. The largest absolute Gasteiger partial charge is 0.416 e. The first-order chi connectivity index (χ1) is 8.88. The van der Waals surface area contributed by atoms with Crippen molar-refractivity contribution in [3.63, 3.8) is 0 Å². The van der Waals surface area contributed by atoms with Crippen molar-refractivity contribution >= 4 is 11.4 Å². The topological polar surface area (TPSA) is 38.0 Å². The van der Waals surface area contributed by atoms with Crippen molar-refractivity contribution < 1.29 is 13.2 Å². The van der Waals surface area contributed by atoms with Gasteiger partial charge < -0.3 is 11.1 Å². The van der Waals surface area contributed by atoms with E-state index < -0.39 is 11.7 Å². The van der Waals surface area contributed by atoms with E-state index in [0.29, 0.717) is 17.6 Å². The van der Waals surface area contributed by atoms with Gasteiger partial charge in [0.15, 0.2) is 0 Å². The minimum Gasteiger partial charge on any atom is -0.397 e. The molecule has 1 aromatic rings. The summed E-state index contributed by atoms with van der Waals surface area (Å²) in [6.07, 6.45) is 0.231. The van der Waals surface area contributed by atoms with Gasteiger partial charge in [-0.1, -0.05) is 19.8 Å². The third-order valence-corrected chi connectivity index (χ3v) is 3.83. The lowest BCUT2D eigenvalue weighted by Gasteiger charge is -2.30. The molecular formula is C14H19F3N2. The van der Waals surface area contributed by atoms with Gasteiger partial charge in [-0.2, -0.15) is 13.2 Å². The van der Waals surface area contributed by atoms with Crippen molar-refractivity contribution in [1.29, 1.82) is 0 Å². The highest BCUT2D eigenvalue weighted by Gasteiger charge is 2.31. The fraction of sp³-hybridized carbons (Fsp3) is 0.571. The van der Waals surface area contributed by atoms with E-state index in [-0.39, 0.29) is 5.69 Å². The van der Waals surface area contributed by atoms with Gasteiger partial charge in [0.25, 0.3) is 0 Å². The molecule has 0 heterocycles. The van der Waals surface area contributed by atoms with E-state index in [2.05, 4.69) is 12.2 Å². The summed E-state index contributed by atoms with van der Waals surface area (Å²) < 4.78 is 37.6. The Morgan fingerprint density at radius 2 is 1.89 bits per heavy atom. The van der Waals surface area contributed by atoms with E-state index in [0.717, 1.165) is 31.4 Å². The standard InChI is InChI=1S/C14H19F3N2/c1-9-4-2-3-5-12(9)19-13-7-6-10(8-11(13)18)14(15,16)17/h6-9,12,19H,2-5,18H2,1H3. The number of nitrogens with two attached hydrogens (primary N) is 1. The molecule has 0 aromatic heterocycles. The van der Waals surface area contributed by atoms with Crippen molar-refractivity contribution in [2.24, 2.45) is 5.92 Å². The number of hydrogen-bond acceptors (Lipinski definition) is 2. The Bertz CT molecular complexity index is 443. The Balaban J connectivity index is 2.13. The molecule has 0 spiro atoms. The van der Waals surface area contributed by atoms with Crippen LogP contribution in [0.1, 0.15) is 38.2 Å². The monoisotopic (exact) mass is 272 g/mol. The Morgan fingerprint density at radius 1 is 1.21 bits per heavy atom. The third-order valence-electron chi connectivity index (χ3n) is 3.83. The Kier molecular flexibility index (Phi) is 3.92. The molecule has 2 unspecified atom stereocenters. The predicted octanol–water partition coefficient (Wildman–Crippen LogP) is 4.28. The summed E-state index contributed by atoms with van der Waals surface area (Å²) in [5.41, 5.74) is 5.78. The molecule has 2 nitrogen and oxygen atoms in total. The summed E-state index contributed by atoms with van der Waals surface area (Å²) in [6, 6.07) is 3.80. The zero-order chi connectivity index (χ0) is 14.0. The highest BCUT2D eigenvalue weighted by atomic mass is 19.4. The summed E-state index contributed by atoms with van der Waals surface area (Å²) in [7, 11) is 0. The Hall–Kier alpha value is -1.39. The zero-order valence-corrected chi connectivity index (χ0v) is 10.9. The van der Waals surface area contributed by atoms with Gasteiger partial charge in [0.05, 0.1) is 16.9 Å². The molecule has 2 atom stereocenters.